The van der Waals surface area contributed by atoms with Crippen molar-refractivity contribution < 1.29 is 29.2 Å². The maximum atomic E-state index is 12.6. The largest absolute Gasteiger partial charge is 0.507 e. The normalized spacial score (nSPS) is 14.3. The van der Waals surface area contributed by atoms with E-state index in [4.69, 9.17) is 14.2 Å². The SMILES string of the molecule is COc1ccccc1OCCNCC(O)COc1cccc2c1/C(=C/c1ccccc1O)C(=O)N2. The molecule has 0 saturated heterocycles. The minimum atomic E-state index is -0.771. The van der Waals surface area contributed by atoms with E-state index in [9.17, 15) is 15.0 Å². The number of para-hydroxylation sites is 3. The van der Waals surface area contributed by atoms with Crippen LogP contribution in [0.5, 0.6) is 23.0 Å². The topological polar surface area (TPSA) is 109 Å². The first-order valence-corrected chi connectivity index (χ1v) is 11.3. The molecule has 8 heteroatoms. The summed E-state index contributed by atoms with van der Waals surface area (Å²) in [7, 11) is 1.59. The van der Waals surface area contributed by atoms with Crippen molar-refractivity contribution in [2.24, 2.45) is 0 Å². The molecule has 1 atom stereocenters. The highest BCUT2D eigenvalue weighted by molar-refractivity contribution is 6.35. The molecule has 1 heterocycles. The summed E-state index contributed by atoms with van der Waals surface area (Å²) in [5.74, 6) is 1.60. The van der Waals surface area contributed by atoms with Crippen LogP contribution in [0.4, 0.5) is 5.69 Å². The Hall–Kier alpha value is -4.01. The number of hydrogen-bond donors (Lipinski definition) is 4. The molecule has 0 saturated carbocycles. The summed E-state index contributed by atoms with van der Waals surface area (Å²) in [5, 5.41) is 26.4. The van der Waals surface area contributed by atoms with Gasteiger partial charge in [0.05, 0.1) is 23.9 Å². The van der Waals surface area contributed by atoms with Crippen molar-refractivity contribution in [2.45, 2.75) is 6.10 Å². The molecule has 0 aromatic heterocycles. The zero-order chi connectivity index (χ0) is 24.6. The number of fused-ring (bicyclic) bond motifs is 1. The van der Waals surface area contributed by atoms with Crippen LogP contribution < -0.4 is 24.8 Å². The van der Waals surface area contributed by atoms with Crippen molar-refractivity contribution in [1.82, 2.24) is 5.32 Å². The number of benzene rings is 3. The van der Waals surface area contributed by atoms with E-state index in [1.807, 2.05) is 24.3 Å². The van der Waals surface area contributed by atoms with Crippen LogP contribution in [0, 0.1) is 0 Å². The van der Waals surface area contributed by atoms with Crippen LogP contribution in [0.25, 0.3) is 11.6 Å². The number of methoxy groups -OCH3 is 1. The molecule has 3 aromatic carbocycles. The summed E-state index contributed by atoms with van der Waals surface area (Å²) in [6.07, 6.45) is 0.857. The number of hydrogen-bond acceptors (Lipinski definition) is 7. The van der Waals surface area contributed by atoms with E-state index in [1.165, 1.54) is 0 Å². The molecule has 0 spiro atoms. The fourth-order valence-electron chi connectivity index (χ4n) is 3.72. The molecule has 35 heavy (non-hydrogen) atoms. The van der Waals surface area contributed by atoms with E-state index in [2.05, 4.69) is 10.6 Å². The third kappa shape index (κ3) is 5.92. The van der Waals surface area contributed by atoms with Gasteiger partial charge in [0.15, 0.2) is 11.5 Å². The number of phenolic OH excluding ortho intramolecular Hbond substituents is 1. The molecule has 1 aliphatic rings. The summed E-state index contributed by atoms with van der Waals surface area (Å²) in [6.45, 7) is 1.28. The Kier molecular flexibility index (Phi) is 7.87. The predicted molar refractivity (Wildman–Crippen MR) is 134 cm³/mol. The molecular weight excluding hydrogens is 448 g/mol. The van der Waals surface area contributed by atoms with E-state index in [0.717, 1.165) is 0 Å². The number of aromatic hydroxyl groups is 1. The standard InChI is InChI=1S/C27H28N2O6/c1-33-23-10-4-5-11-24(23)34-14-13-28-16-19(30)17-35-25-12-6-8-21-26(25)20(27(32)29-21)15-18-7-2-3-9-22(18)31/h2-12,15,19,28,30-31H,13-14,16-17H2,1H3,(H,29,32)/b20-15-. The number of ether oxygens (including phenoxy) is 3. The first kappa shape index (κ1) is 24.1. The molecule has 8 nitrogen and oxygen atoms in total. The smallest absolute Gasteiger partial charge is 0.256 e. The Labute approximate surface area is 203 Å². The molecule has 1 amide bonds. The van der Waals surface area contributed by atoms with Crippen LogP contribution in [-0.2, 0) is 4.79 Å². The molecule has 4 rings (SSSR count). The first-order chi connectivity index (χ1) is 17.1. The third-order valence-electron chi connectivity index (χ3n) is 5.44. The van der Waals surface area contributed by atoms with Gasteiger partial charge in [0.25, 0.3) is 5.91 Å². The van der Waals surface area contributed by atoms with Gasteiger partial charge in [-0.3, -0.25) is 4.79 Å². The summed E-state index contributed by atoms with van der Waals surface area (Å²) in [6, 6.07) is 19.5. The van der Waals surface area contributed by atoms with Gasteiger partial charge in [0.1, 0.15) is 30.8 Å². The monoisotopic (exact) mass is 476 g/mol. The quantitative estimate of drug-likeness (QED) is 0.248. The average Bonchev–Trinajstić information content (AvgIpc) is 3.19. The van der Waals surface area contributed by atoms with Crippen molar-refractivity contribution in [3.05, 3.63) is 77.9 Å². The highest BCUT2D eigenvalue weighted by Gasteiger charge is 2.28. The molecule has 182 valence electrons. The summed E-state index contributed by atoms with van der Waals surface area (Å²) < 4.78 is 16.8. The Morgan fingerprint density at radius 1 is 0.971 bits per heavy atom. The van der Waals surface area contributed by atoms with Crippen molar-refractivity contribution >= 4 is 23.2 Å². The van der Waals surface area contributed by atoms with Gasteiger partial charge in [0, 0.05) is 18.7 Å². The summed E-state index contributed by atoms with van der Waals surface area (Å²) >= 11 is 0. The maximum absolute atomic E-state index is 12.6. The first-order valence-electron chi connectivity index (χ1n) is 11.3. The van der Waals surface area contributed by atoms with Gasteiger partial charge < -0.3 is 35.1 Å². The molecule has 0 fully saturated rings. The minimum absolute atomic E-state index is 0.0366. The van der Waals surface area contributed by atoms with Crippen LogP contribution >= 0.6 is 0 Å². The van der Waals surface area contributed by atoms with E-state index in [0.29, 0.717) is 59.3 Å². The van der Waals surface area contributed by atoms with Gasteiger partial charge in [-0.2, -0.15) is 0 Å². The number of anilines is 1. The maximum Gasteiger partial charge on any atom is 0.256 e. The number of rotatable bonds is 11. The second kappa shape index (κ2) is 11.4. The highest BCUT2D eigenvalue weighted by Crippen LogP contribution is 2.40. The lowest BCUT2D eigenvalue weighted by molar-refractivity contribution is -0.110. The lowest BCUT2D eigenvalue weighted by Gasteiger charge is -2.16. The lowest BCUT2D eigenvalue weighted by atomic mass is 10.0. The fourth-order valence-corrected chi connectivity index (χ4v) is 3.72. The number of phenols is 1. The van der Waals surface area contributed by atoms with E-state index in [1.54, 1.807) is 55.7 Å². The van der Waals surface area contributed by atoms with E-state index >= 15 is 0 Å². The van der Waals surface area contributed by atoms with Crippen molar-refractivity contribution in [3.63, 3.8) is 0 Å². The van der Waals surface area contributed by atoms with Gasteiger partial charge in [-0.05, 0) is 36.4 Å². The fraction of sp³-hybridized carbons (Fsp3) is 0.222. The summed E-state index contributed by atoms with van der Waals surface area (Å²) in [5.41, 5.74) is 2.14. The molecule has 1 aliphatic heterocycles. The van der Waals surface area contributed by atoms with Gasteiger partial charge in [0.2, 0.25) is 0 Å². The molecule has 3 aromatic rings. The molecule has 0 aliphatic carbocycles. The second-order valence-corrected chi connectivity index (χ2v) is 7.92. The van der Waals surface area contributed by atoms with Crippen LogP contribution in [-0.4, -0.2) is 55.6 Å². The van der Waals surface area contributed by atoms with Crippen LogP contribution in [0.2, 0.25) is 0 Å². The number of aliphatic hydroxyl groups excluding tert-OH is 1. The van der Waals surface area contributed by atoms with Crippen LogP contribution in [0.3, 0.4) is 0 Å². The second-order valence-electron chi connectivity index (χ2n) is 7.92. The van der Waals surface area contributed by atoms with Gasteiger partial charge in [-0.25, -0.2) is 0 Å². The number of carbonyl (C=O) groups is 1. The number of amides is 1. The Bertz CT molecular complexity index is 1210. The van der Waals surface area contributed by atoms with Gasteiger partial charge in [-0.1, -0.05) is 36.4 Å². The number of aliphatic hydroxyl groups is 1. The van der Waals surface area contributed by atoms with Crippen molar-refractivity contribution in [2.75, 3.05) is 38.7 Å². The van der Waals surface area contributed by atoms with E-state index in [-0.39, 0.29) is 18.3 Å². The van der Waals surface area contributed by atoms with E-state index < -0.39 is 6.10 Å². The Morgan fingerprint density at radius 2 is 1.71 bits per heavy atom. The zero-order valence-corrected chi connectivity index (χ0v) is 19.4. The molecular formula is C27H28N2O6. The number of carbonyl (C=O) groups excluding carboxylic acids is 1. The zero-order valence-electron chi connectivity index (χ0n) is 19.4. The molecule has 0 bridgehead atoms. The molecule has 1 unspecified atom stereocenters. The Balaban J connectivity index is 1.32. The van der Waals surface area contributed by atoms with Gasteiger partial charge in [-0.15, -0.1) is 0 Å². The summed E-state index contributed by atoms with van der Waals surface area (Å²) in [4.78, 5) is 12.6. The third-order valence-corrected chi connectivity index (χ3v) is 5.44. The Morgan fingerprint density at radius 3 is 2.51 bits per heavy atom. The van der Waals surface area contributed by atoms with Gasteiger partial charge >= 0.3 is 0 Å². The predicted octanol–water partition coefficient (Wildman–Crippen LogP) is 3.30. The minimum Gasteiger partial charge on any atom is -0.507 e. The molecule has 0 radical (unpaired) electrons. The lowest BCUT2D eigenvalue weighted by Crippen LogP contribution is -2.33. The van der Waals surface area contributed by atoms with Crippen LogP contribution in [0.15, 0.2) is 66.7 Å². The van der Waals surface area contributed by atoms with Crippen molar-refractivity contribution in [1.29, 1.82) is 0 Å². The highest BCUT2D eigenvalue weighted by atomic mass is 16.5. The van der Waals surface area contributed by atoms with Crippen molar-refractivity contribution in [3.8, 4) is 23.0 Å². The molecule has 4 N–H and O–H groups in total. The number of nitrogens with one attached hydrogen (secondary N) is 2. The van der Waals surface area contributed by atoms with Crippen LogP contribution in [0.1, 0.15) is 11.1 Å². The average molecular weight is 477 g/mol.